The average molecular weight is 308 g/mol. The zero-order valence-electron chi connectivity index (χ0n) is 10.7. The number of halogens is 1. The molecule has 0 aliphatic carbocycles. The fraction of sp³-hybridized carbons (Fsp3) is 0.455. The summed E-state index contributed by atoms with van der Waals surface area (Å²) in [6, 6.07) is 2.94. The minimum absolute atomic E-state index is 0.103. The summed E-state index contributed by atoms with van der Waals surface area (Å²) in [6.07, 6.45) is 2.00. The number of hydrogen-bond donors (Lipinski definition) is 2. The highest BCUT2D eigenvalue weighted by molar-refractivity contribution is 7.89. The van der Waals surface area contributed by atoms with Gasteiger partial charge in [0.05, 0.1) is 10.6 Å². The smallest absolute Gasteiger partial charge is 0.240 e. The summed E-state index contributed by atoms with van der Waals surface area (Å²) in [5.41, 5.74) is 5.19. The standard InChI is InChI=1S/C11H17FN2O3S2/c1-8(5-6-18(2)15)14-19(16,17)9-3-4-11(13)10(12)7-9/h3-4,7-8,14H,5-6,13H2,1-2H3. The Morgan fingerprint density at radius 1 is 1.47 bits per heavy atom. The molecule has 0 aliphatic heterocycles. The molecule has 0 radical (unpaired) electrons. The van der Waals surface area contributed by atoms with Crippen LogP contribution in [0.5, 0.6) is 0 Å². The van der Waals surface area contributed by atoms with E-state index in [0.717, 1.165) is 6.07 Å². The van der Waals surface area contributed by atoms with Crippen LogP contribution in [-0.2, 0) is 20.8 Å². The zero-order chi connectivity index (χ0) is 14.6. The molecule has 8 heteroatoms. The summed E-state index contributed by atoms with van der Waals surface area (Å²) in [4.78, 5) is -0.177. The summed E-state index contributed by atoms with van der Waals surface area (Å²) < 4.78 is 50.5. The fourth-order valence-corrected chi connectivity index (χ4v) is 3.38. The van der Waals surface area contributed by atoms with Gasteiger partial charge < -0.3 is 5.73 Å². The van der Waals surface area contributed by atoms with Crippen molar-refractivity contribution in [2.75, 3.05) is 17.7 Å². The van der Waals surface area contributed by atoms with Gasteiger partial charge in [0.15, 0.2) is 0 Å². The van der Waals surface area contributed by atoms with Crippen LogP contribution in [0.15, 0.2) is 23.1 Å². The number of nitrogens with one attached hydrogen (secondary N) is 1. The predicted molar refractivity (Wildman–Crippen MR) is 74.1 cm³/mol. The van der Waals surface area contributed by atoms with Crippen LogP contribution in [0.1, 0.15) is 13.3 Å². The molecule has 0 bridgehead atoms. The Kier molecular flexibility index (Phi) is 5.45. The topological polar surface area (TPSA) is 89.3 Å². The number of benzene rings is 1. The number of rotatable bonds is 6. The molecule has 0 spiro atoms. The molecular weight excluding hydrogens is 291 g/mol. The summed E-state index contributed by atoms with van der Waals surface area (Å²) in [5.74, 6) is -0.370. The SMILES string of the molecule is CC(CCS(C)=O)NS(=O)(=O)c1ccc(N)c(F)c1. The third kappa shape index (κ3) is 4.88. The van der Waals surface area contributed by atoms with E-state index in [2.05, 4.69) is 4.72 Å². The molecule has 2 atom stereocenters. The maximum Gasteiger partial charge on any atom is 0.240 e. The fourth-order valence-electron chi connectivity index (χ4n) is 1.41. The Hall–Kier alpha value is -0.990. The molecule has 108 valence electrons. The van der Waals surface area contributed by atoms with Gasteiger partial charge in [-0.2, -0.15) is 0 Å². The van der Waals surface area contributed by atoms with Crippen molar-refractivity contribution < 1.29 is 17.0 Å². The lowest BCUT2D eigenvalue weighted by Crippen LogP contribution is -2.33. The van der Waals surface area contributed by atoms with E-state index in [4.69, 9.17) is 5.73 Å². The van der Waals surface area contributed by atoms with Gasteiger partial charge in [0, 0.05) is 28.9 Å². The van der Waals surface area contributed by atoms with Crippen molar-refractivity contribution in [2.45, 2.75) is 24.3 Å². The third-order valence-corrected chi connectivity index (χ3v) is 4.87. The minimum Gasteiger partial charge on any atom is -0.396 e. The molecule has 0 amide bonds. The van der Waals surface area contributed by atoms with Gasteiger partial charge in [-0.25, -0.2) is 17.5 Å². The van der Waals surface area contributed by atoms with E-state index in [1.807, 2.05) is 0 Å². The quantitative estimate of drug-likeness (QED) is 0.762. The van der Waals surface area contributed by atoms with Crippen molar-refractivity contribution in [3.05, 3.63) is 24.0 Å². The maximum absolute atomic E-state index is 13.2. The van der Waals surface area contributed by atoms with Crippen molar-refractivity contribution in [3.63, 3.8) is 0 Å². The van der Waals surface area contributed by atoms with E-state index in [-0.39, 0.29) is 16.6 Å². The average Bonchev–Trinajstić information content (AvgIpc) is 2.29. The molecule has 0 aliphatic rings. The second kappa shape index (κ2) is 6.44. The monoisotopic (exact) mass is 308 g/mol. The molecule has 3 N–H and O–H groups in total. The van der Waals surface area contributed by atoms with Crippen molar-refractivity contribution >= 4 is 26.5 Å². The normalized spacial score (nSPS) is 15.1. The van der Waals surface area contributed by atoms with Crippen LogP contribution in [0.4, 0.5) is 10.1 Å². The lowest BCUT2D eigenvalue weighted by molar-refractivity contribution is 0.553. The highest BCUT2D eigenvalue weighted by atomic mass is 32.2. The van der Waals surface area contributed by atoms with Crippen molar-refractivity contribution in [1.82, 2.24) is 4.72 Å². The van der Waals surface area contributed by atoms with E-state index < -0.39 is 26.6 Å². The largest absolute Gasteiger partial charge is 0.396 e. The van der Waals surface area contributed by atoms with E-state index in [1.54, 1.807) is 13.2 Å². The summed E-state index contributed by atoms with van der Waals surface area (Å²) in [5, 5.41) is 0. The van der Waals surface area contributed by atoms with Crippen LogP contribution in [0.2, 0.25) is 0 Å². The Morgan fingerprint density at radius 3 is 2.63 bits per heavy atom. The van der Waals surface area contributed by atoms with E-state index in [9.17, 15) is 17.0 Å². The van der Waals surface area contributed by atoms with Crippen LogP contribution in [-0.4, -0.2) is 30.7 Å². The molecule has 1 aromatic carbocycles. The molecule has 0 saturated carbocycles. The molecule has 2 unspecified atom stereocenters. The Balaban J connectivity index is 2.80. The van der Waals surface area contributed by atoms with Crippen LogP contribution in [0, 0.1) is 5.82 Å². The molecule has 0 aromatic heterocycles. The number of hydrogen-bond acceptors (Lipinski definition) is 4. The van der Waals surface area contributed by atoms with Crippen molar-refractivity contribution in [1.29, 1.82) is 0 Å². The number of anilines is 1. The highest BCUT2D eigenvalue weighted by Gasteiger charge is 2.18. The van der Waals surface area contributed by atoms with Crippen LogP contribution in [0.25, 0.3) is 0 Å². The first-order valence-electron chi connectivity index (χ1n) is 5.60. The predicted octanol–water partition coefficient (Wildman–Crippen LogP) is 0.843. The molecule has 0 fully saturated rings. The van der Waals surface area contributed by atoms with E-state index in [1.165, 1.54) is 12.1 Å². The highest BCUT2D eigenvalue weighted by Crippen LogP contribution is 2.16. The van der Waals surface area contributed by atoms with E-state index >= 15 is 0 Å². The van der Waals surface area contributed by atoms with Gasteiger partial charge in [0.1, 0.15) is 5.82 Å². The molecular formula is C11H17FN2O3S2. The second-order valence-electron chi connectivity index (χ2n) is 4.27. The lowest BCUT2D eigenvalue weighted by atomic mass is 10.3. The number of nitrogens with two attached hydrogens (primary N) is 1. The number of sulfonamides is 1. The zero-order valence-corrected chi connectivity index (χ0v) is 12.4. The summed E-state index contributed by atoms with van der Waals surface area (Å²) >= 11 is 0. The Bertz CT molecular complexity index is 575. The third-order valence-electron chi connectivity index (χ3n) is 2.48. The Labute approximate surface area is 114 Å². The van der Waals surface area contributed by atoms with Crippen molar-refractivity contribution in [2.24, 2.45) is 0 Å². The Morgan fingerprint density at radius 2 is 2.11 bits per heavy atom. The van der Waals surface area contributed by atoms with Crippen LogP contribution < -0.4 is 10.5 Å². The molecule has 1 rings (SSSR count). The maximum atomic E-state index is 13.2. The van der Waals surface area contributed by atoms with E-state index in [0.29, 0.717) is 12.2 Å². The van der Waals surface area contributed by atoms with Gasteiger partial charge in [-0.05, 0) is 31.5 Å². The van der Waals surface area contributed by atoms with Gasteiger partial charge in [-0.15, -0.1) is 0 Å². The van der Waals surface area contributed by atoms with Crippen LogP contribution in [0.3, 0.4) is 0 Å². The van der Waals surface area contributed by atoms with Gasteiger partial charge in [-0.3, -0.25) is 4.21 Å². The molecule has 0 heterocycles. The van der Waals surface area contributed by atoms with Gasteiger partial charge >= 0.3 is 0 Å². The van der Waals surface area contributed by atoms with Gasteiger partial charge in [-0.1, -0.05) is 0 Å². The lowest BCUT2D eigenvalue weighted by Gasteiger charge is -2.13. The molecule has 1 aromatic rings. The summed E-state index contributed by atoms with van der Waals surface area (Å²) in [6.45, 7) is 1.66. The molecule has 19 heavy (non-hydrogen) atoms. The van der Waals surface area contributed by atoms with Gasteiger partial charge in [0.25, 0.3) is 0 Å². The molecule has 5 nitrogen and oxygen atoms in total. The molecule has 0 saturated heterocycles. The number of nitrogen functional groups attached to an aromatic ring is 1. The first-order chi connectivity index (χ1) is 8.72. The van der Waals surface area contributed by atoms with Crippen molar-refractivity contribution in [3.8, 4) is 0 Å². The van der Waals surface area contributed by atoms with Crippen LogP contribution >= 0.6 is 0 Å². The second-order valence-corrected chi connectivity index (χ2v) is 7.54. The van der Waals surface area contributed by atoms with Gasteiger partial charge in [0.2, 0.25) is 10.0 Å². The first-order valence-corrected chi connectivity index (χ1v) is 8.81. The first kappa shape index (κ1) is 16.1. The minimum atomic E-state index is -3.79. The summed E-state index contributed by atoms with van der Waals surface area (Å²) in [7, 11) is -4.77.